The molecule has 1 unspecified atom stereocenters. The van der Waals surface area contributed by atoms with Gasteiger partial charge in [0.1, 0.15) is 11.8 Å². The van der Waals surface area contributed by atoms with Gasteiger partial charge in [-0.1, -0.05) is 30.3 Å². The van der Waals surface area contributed by atoms with Crippen molar-refractivity contribution in [2.75, 3.05) is 11.5 Å². The Hall–Kier alpha value is -2.82. The van der Waals surface area contributed by atoms with Gasteiger partial charge in [0.05, 0.1) is 18.8 Å². The van der Waals surface area contributed by atoms with Crippen LogP contribution < -0.4 is 15.0 Å². The Morgan fingerprint density at radius 2 is 1.92 bits per heavy atom. The number of fused-ring (bicyclic) bond motifs is 1. The predicted molar refractivity (Wildman–Crippen MR) is 96.5 cm³/mol. The third-order valence-corrected chi connectivity index (χ3v) is 4.29. The summed E-state index contributed by atoms with van der Waals surface area (Å²) in [7, 11) is 0. The summed E-state index contributed by atoms with van der Waals surface area (Å²) in [6.45, 7) is 6.43. The third-order valence-electron chi connectivity index (χ3n) is 4.29. The number of para-hydroxylation sites is 1. The SMILES string of the molecule is CCOc1ccc(CN2C(=O)C(NC(C)=O)c3cccc(C)c32)cc1. The second kappa shape index (κ2) is 6.97. The maximum Gasteiger partial charge on any atom is 0.254 e. The van der Waals surface area contributed by atoms with E-state index < -0.39 is 6.04 Å². The maximum atomic E-state index is 12.9. The maximum absolute atomic E-state index is 12.9. The highest BCUT2D eigenvalue weighted by Gasteiger charge is 2.38. The first kappa shape index (κ1) is 17.0. The average Bonchev–Trinajstić information content (AvgIpc) is 2.83. The lowest BCUT2D eigenvalue weighted by molar-refractivity contribution is -0.126. The molecule has 0 saturated carbocycles. The fourth-order valence-corrected chi connectivity index (χ4v) is 3.22. The van der Waals surface area contributed by atoms with Gasteiger partial charge < -0.3 is 15.0 Å². The van der Waals surface area contributed by atoms with Crippen molar-refractivity contribution in [2.24, 2.45) is 0 Å². The van der Waals surface area contributed by atoms with E-state index >= 15 is 0 Å². The van der Waals surface area contributed by atoms with Crippen molar-refractivity contribution in [3.05, 3.63) is 59.2 Å². The number of rotatable bonds is 5. The molecule has 0 saturated heterocycles. The number of carbonyl (C=O) groups is 2. The van der Waals surface area contributed by atoms with Crippen LogP contribution >= 0.6 is 0 Å². The largest absolute Gasteiger partial charge is 0.494 e. The molecule has 0 bridgehead atoms. The molecule has 1 atom stereocenters. The van der Waals surface area contributed by atoms with Crippen LogP contribution in [0.3, 0.4) is 0 Å². The van der Waals surface area contributed by atoms with E-state index in [0.717, 1.165) is 28.1 Å². The van der Waals surface area contributed by atoms with Gasteiger partial charge in [0.15, 0.2) is 0 Å². The Morgan fingerprint density at radius 1 is 1.20 bits per heavy atom. The molecule has 130 valence electrons. The summed E-state index contributed by atoms with van der Waals surface area (Å²) in [4.78, 5) is 26.2. The Kier molecular flexibility index (Phi) is 4.74. The van der Waals surface area contributed by atoms with Crippen LogP contribution in [0.5, 0.6) is 5.75 Å². The minimum atomic E-state index is -0.616. The van der Waals surface area contributed by atoms with Crippen molar-refractivity contribution in [3.8, 4) is 5.75 Å². The highest BCUT2D eigenvalue weighted by molar-refractivity contribution is 6.06. The number of hydrogen-bond acceptors (Lipinski definition) is 3. The first-order valence-electron chi connectivity index (χ1n) is 8.41. The van der Waals surface area contributed by atoms with Gasteiger partial charge in [-0.15, -0.1) is 0 Å². The van der Waals surface area contributed by atoms with Crippen LogP contribution in [0.25, 0.3) is 0 Å². The molecule has 5 nitrogen and oxygen atoms in total. The van der Waals surface area contributed by atoms with Crippen LogP contribution in [0.15, 0.2) is 42.5 Å². The molecule has 1 aliphatic rings. The van der Waals surface area contributed by atoms with Crippen molar-refractivity contribution in [3.63, 3.8) is 0 Å². The molecule has 0 radical (unpaired) electrons. The molecule has 5 heteroatoms. The molecule has 2 aromatic rings. The highest BCUT2D eigenvalue weighted by atomic mass is 16.5. The van der Waals surface area contributed by atoms with Crippen molar-refractivity contribution in [2.45, 2.75) is 33.4 Å². The van der Waals surface area contributed by atoms with Gasteiger partial charge in [-0.3, -0.25) is 9.59 Å². The highest BCUT2D eigenvalue weighted by Crippen LogP contribution is 2.39. The molecule has 0 spiro atoms. The Bertz CT molecular complexity index is 799. The molecule has 2 amide bonds. The summed E-state index contributed by atoms with van der Waals surface area (Å²) in [5.41, 5.74) is 3.77. The molecule has 2 aromatic carbocycles. The molecular weight excluding hydrogens is 316 g/mol. The number of amides is 2. The summed E-state index contributed by atoms with van der Waals surface area (Å²) >= 11 is 0. The average molecular weight is 338 g/mol. The fraction of sp³-hybridized carbons (Fsp3) is 0.300. The van der Waals surface area contributed by atoms with Gasteiger partial charge in [0.2, 0.25) is 5.91 Å². The summed E-state index contributed by atoms with van der Waals surface area (Å²) in [5, 5.41) is 2.77. The van der Waals surface area contributed by atoms with Gasteiger partial charge in [-0.25, -0.2) is 0 Å². The van der Waals surface area contributed by atoms with Gasteiger partial charge in [0, 0.05) is 12.5 Å². The fourth-order valence-electron chi connectivity index (χ4n) is 3.22. The molecule has 3 rings (SSSR count). The van der Waals surface area contributed by atoms with E-state index in [2.05, 4.69) is 5.32 Å². The topological polar surface area (TPSA) is 58.6 Å². The standard InChI is InChI=1S/C20H22N2O3/c1-4-25-16-10-8-15(9-11-16)12-22-19-13(2)6-5-7-17(19)18(20(22)24)21-14(3)23/h5-11,18H,4,12H2,1-3H3,(H,21,23). The van der Waals surface area contributed by atoms with Crippen LogP contribution in [-0.4, -0.2) is 18.4 Å². The van der Waals surface area contributed by atoms with E-state index in [9.17, 15) is 9.59 Å². The molecule has 0 aliphatic carbocycles. The Balaban J connectivity index is 1.91. The van der Waals surface area contributed by atoms with Crippen molar-refractivity contribution >= 4 is 17.5 Å². The summed E-state index contributed by atoms with van der Waals surface area (Å²) < 4.78 is 5.46. The van der Waals surface area contributed by atoms with Crippen LogP contribution in [0.4, 0.5) is 5.69 Å². The molecule has 25 heavy (non-hydrogen) atoms. The lowest BCUT2D eigenvalue weighted by atomic mass is 10.1. The lowest BCUT2D eigenvalue weighted by Crippen LogP contribution is -2.36. The van der Waals surface area contributed by atoms with Crippen molar-refractivity contribution in [1.82, 2.24) is 5.32 Å². The summed E-state index contributed by atoms with van der Waals surface area (Å²) in [6.07, 6.45) is 0. The van der Waals surface area contributed by atoms with Gasteiger partial charge in [-0.2, -0.15) is 0 Å². The monoisotopic (exact) mass is 338 g/mol. The number of nitrogens with one attached hydrogen (secondary N) is 1. The zero-order valence-corrected chi connectivity index (χ0v) is 14.7. The molecule has 1 N–H and O–H groups in total. The van der Waals surface area contributed by atoms with Crippen molar-refractivity contribution < 1.29 is 14.3 Å². The number of benzene rings is 2. The van der Waals surface area contributed by atoms with Gasteiger partial charge in [0.25, 0.3) is 5.91 Å². The minimum absolute atomic E-state index is 0.103. The number of ether oxygens (including phenoxy) is 1. The van der Waals surface area contributed by atoms with E-state index in [1.165, 1.54) is 6.92 Å². The zero-order chi connectivity index (χ0) is 18.0. The van der Waals surface area contributed by atoms with E-state index in [1.54, 1.807) is 4.90 Å². The Labute approximate surface area is 147 Å². The lowest BCUT2D eigenvalue weighted by Gasteiger charge is -2.20. The molecule has 0 aromatic heterocycles. The minimum Gasteiger partial charge on any atom is -0.494 e. The second-order valence-corrected chi connectivity index (χ2v) is 6.15. The van der Waals surface area contributed by atoms with Crippen molar-refractivity contribution in [1.29, 1.82) is 0 Å². The Morgan fingerprint density at radius 3 is 2.56 bits per heavy atom. The molecule has 0 fully saturated rings. The van der Waals surface area contributed by atoms with E-state index in [-0.39, 0.29) is 11.8 Å². The van der Waals surface area contributed by atoms with E-state index in [4.69, 9.17) is 4.74 Å². The first-order valence-corrected chi connectivity index (χ1v) is 8.41. The quantitative estimate of drug-likeness (QED) is 0.911. The van der Waals surface area contributed by atoms with Crippen LogP contribution in [0.2, 0.25) is 0 Å². The number of anilines is 1. The number of aryl methyl sites for hydroxylation is 1. The first-order chi connectivity index (χ1) is 12.0. The molecule has 1 heterocycles. The van der Waals surface area contributed by atoms with E-state index in [0.29, 0.717) is 13.2 Å². The van der Waals surface area contributed by atoms with E-state index in [1.807, 2.05) is 56.3 Å². The summed E-state index contributed by atoms with van der Waals surface area (Å²) in [5.74, 6) is 0.494. The number of hydrogen-bond donors (Lipinski definition) is 1. The van der Waals surface area contributed by atoms with Crippen LogP contribution in [0, 0.1) is 6.92 Å². The van der Waals surface area contributed by atoms with Crippen LogP contribution in [-0.2, 0) is 16.1 Å². The normalized spacial score (nSPS) is 15.9. The molecular formula is C20H22N2O3. The second-order valence-electron chi connectivity index (χ2n) is 6.15. The van der Waals surface area contributed by atoms with Gasteiger partial charge in [-0.05, 0) is 37.1 Å². The zero-order valence-electron chi connectivity index (χ0n) is 14.7. The van der Waals surface area contributed by atoms with Gasteiger partial charge >= 0.3 is 0 Å². The number of carbonyl (C=O) groups excluding carboxylic acids is 2. The smallest absolute Gasteiger partial charge is 0.254 e. The van der Waals surface area contributed by atoms with Crippen LogP contribution in [0.1, 0.15) is 36.6 Å². The molecule has 1 aliphatic heterocycles. The summed E-state index contributed by atoms with van der Waals surface area (Å²) in [6, 6.07) is 12.9. The predicted octanol–water partition coefficient (Wildman–Crippen LogP) is 3.12. The third kappa shape index (κ3) is 3.36. The number of nitrogens with zero attached hydrogens (tertiary/aromatic N) is 1.